The second kappa shape index (κ2) is 5.66. The largest absolute Gasteiger partial charge is 0.465 e. The molecule has 2 rings (SSSR count). The molecule has 0 unspecified atom stereocenters. The van der Waals surface area contributed by atoms with Crippen molar-refractivity contribution in [1.82, 2.24) is 9.97 Å². The van der Waals surface area contributed by atoms with Gasteiger partial charge in [0.15, 0.2) is 5.16 Å². The van der Waals surface area contributed by atoms with Gasteiger partial charge in [-0.1, -0.05) is 0 Å². The van der Waals surface area contributed by atoms with Gasteiger partial charge in [0, 0.05) is 16.6 Å². The Labute approximate surface area is 119 Å². The Morgan fingerprint density at radius 1 is 1.15 bits per heavy atom. The average molecular weight is 291 g/mol. The van der Waals surface area contributed by atoms with Crippen LogP contribution in [0, 0.1) is 0 Å². The summed E-state index contributed by atoms with van der Waals surface area (Å²) >= 11 is 1.21. The lowest BCUT2D eigenvalue weighted by Gasteiger charge is -2.07. The SMILES string of the molecule is COC(=O)c1ccc(Sc2nc(N)cc(N)n2)c(N)c1. The second-order valence-electron chi connectivity index (χ2n) is 3.85. The summed E-state index contributed by atoms with van der Waals surface area (Å²) in [5.74, 6) is 0.118. The minimum absolute atomic E-state index is 0.282. The quantitative estimate of drug-likeness (QED) is 0.436. The first-order chi connectivity index (χ1) is 9.49. The van der Waals surface area contributed by atoms with Crippen molar-refractivity contribution in [2.24, 2.45) is 0 Å². The molecule has 0 aliphatic rings. The molecule has 1 heterocycles. The van der Waals surface area contributed by atoms with Crippen LogP contribution in [0.25, 0.3) is 0 Å². The van der Waals surface area contributed by atoms with Gasteiger partial charge in [-0.15, -0.1) is 0 Å². The summed E-state index contributed by atoms with van der Waals surface area (Å²) in [5, 5.41) is 0.389. The molecule has 6 N–H and O–H groups in total. The average Bonchev–Trinajstić information content (AvgIpc) is 2.39. The van der Waals surface area contributed by atoms with Gasteiger partial charge in [0.05, 0.1) is 12.7 Å². The first kappa shape index (κ1) is 13.9. The van der Waals surface area contributed by atoms with E-state index in [2.05, 4.69) is 14.7 Å². The molecule has 0 atom stereocenters. The zero-order chi connectivity index (χ0) is 14.7. The number of carbonyl (C=O) groups is 1. The zero-order valence-corrected chi connectivity index (χ0v) is 11.5. The lowest BCUT2D eigenvalue weighted by molar-refractivity contribution is 0.0600. The van der Waals surface area contributed by atoms with Crippen molar-refractivity contribution in [1.29, 1.82) is 0 Å². The van der Waals surface area contributed by atoms with Crippen molar-refractivity contribution in [3.63, 3.8) is 0 Å². The van der Waals surface area contributed by atoms with Crippen molar-refractivity contribution < 1.29 is 9.53 Å². The predicted molar refractivity (Wildman–Crippen MR) is 77.2 cm³/mol. The van der Waals surface area contributed by atoms with Gasteiger partial charge in [-0.2, -0.15) is 0 Å². The van der Waals surface area contributed by atoms with Gasteiger partial charge in [-0.25, -0.2) is 14.8 Å². The molecule has 7 nitrogen and oxygen atoms in total. The topological polar surface area (TPSA) is 130 Å². The maximum atomic E-state index is 11.4. The smallest absolute Gasteiger partial charge is 0.337 e. The molecule has 8 heteroatoms. The summed E-state index contributed by atoms with van der Waals surface area (Å²) < 4.78 is 4.62. The van der Waals surface area contributed by atoms with Crippen LogP contribution in [0.2, 0.25) is 0 Å². The van der Waals surface area contributed by atoms with E-state index >= 15 is 0 Å². The summed E-state index contributed by atoms with van der Waals surface area (Å²) in [6.07, 6.45) is 0. The van der Waals surface area contributed by atoms with Gasteiger partial charge in [0.1, 0.15) is 11.6 Å². The standard InChI is InChI=1S/C12H13N5O2S/c1-19-11(18)6-2-3-8(7(13)4-6)20-12-16-9(14)5-10(15)17-12/h2-5H,13H2,1H3,(H4,14,15,16,17). The molecule has 104 valence electrons. The number of ether oxygens (including phenoxy) is 1. The number of hydrogen-bond donors (Lipinski definition) is 3. The lowest BCUT2D eigenvalue weighted by Crippen LogP contribution is -2.03. The number of nitrogen functional groups attached to an aromatic ring is 3. The number of anilines is 3. The summed E-state index contributed by atoms with van der Waals surface area (Å²) in [6.45, 7) is 0. The van der Waals surface area contributed by atoms with Gasteiger partial charge in [-0.05, 0) is 30.0 Å². The Morgan fingerprint density at radius 2 is 1.80 bits per heavy atom. The van der Waals surface area contributed by atoms with Crippen molar-refractivity contribution in [2.45, 2.75) is 10.1 Å². The fourth-order valence-corrected chi connectivity index (χ4v) is 2.30. The minimum Gasteiger partial charge on any atom is -0.465 e. The van der Waals surface area contributed by atoms with Crippen LogP contribution in [0.3, 0.4) is 0 Å². The molecule has 1 aromatic carbocycles. The minimum atomic E-state index is -0.447. The fourth-order valence-electron chi connectivity index (χ4n) is 1.49. The van der Waals surface area contributed by atoms with E-state index in [-0.39, 0.29) is 11.6 Å². The number of methoxy groups -OCH3 is 1. The number of aromatic nitrogens is 2. The van der Waals surface area contributed by atoms with Crippen molar-refractivity contribution >= 4 is 35.1 Å². The van der Waals surface area contributed by atoms with Crippen molar-refractivity contribution in [2.75, 3.05) is 24.3 Å². The molecule has 0 radical (unpaired) electrons. The first-order valence-electron chi connectivity index (χ1n) is 5.55. The highest BCUT2D eigenvalue weighted by molar-refractivity contribution is 7.99. The maximum absolute atomic E-state index is 11.4. The van der Waals surface area contributed by atoms with E-state index in [0.717, 1.165) is 0 Å². The molecule has 0 spiro atoms. The molecule has 0 fully saturated rings. The Balaban J connectivity index is 2.27. The van der Waals surface area contributed by atoms with Gasteiger partial charge in [-0.3, -0.25) is 0 Å². The molecule has 0 aliphatic carbocycles. The number of nitrogens with zero attached hydrogens (tertiary/aromatic N) is 2. The van der Waals surface area contributed by atoms with Crippen LogP contribution in [0.5, 0.6) is 0 Å². The number of rotatable bonds is 3. The first-order valence-corrected chi connectivity index (χ1v) is 6.37. The number of carbonyl (C=O) groups excluding carboxylic acids is 1. The fraction of sp³-hybridized carbons (Fsp3) is 0.0833. The molecular weight excluding hydrogens is 278 g/mol. The second-order valence-corrected chi connectivity index (χ2v) is 4.86. The van der Waals surface area contributed by atoms with Crippen LogP contribution >= 0.6 is 11.8 Å². The Kier molecular flexibility index (Phi) is 3.94. The zero-order valence-electron chi connectivity index (χ0n) is 10.7. The highest BCUT2D eigenvalue weighted by Gasteiger charge is 2.10. The van der Waals surface area contributed by atoms with Crippen molar-refractivity contribution in [3.8, 4) is 0 Å². The monoisotopic (exact) mass is 291 g/mol. The molecule has 0 amide bonds. The number of hydrogen-bond acceptors (Lipinski definition) is 8. The maximum Gasteiger partial charge on any atom is 0.337 e. The predicted octanol–water partition coefficient (Wildman–Crippen LogP) is 1.16. The van der Waals surface area contributed by atoms with Crippen LogP contribution in [-0.2, 0) is 4.74 Å². The molecule has 2 aromatic rings. The van der Waals surface area contributed by atoms with Crippen LogP contribution in [-0.4, -0.2) is 23.0 Å². The third-order valence-corrected chi connectivity index (χ3v) is 3.33. The van der Waals surface area contributed by atoms with E-state index in [0.29, 0.717) is 21.3 Å². The Hall–Kier alpha value is -2.48. The Bertz CT molecular complexity index is 642. The van der Waals surface area contributed by atoms with E-state index in [4.69, 9.17) is 17.2 Å². The van der Waals surface area contributed by atoms with Gasteiger partial charge in [0.2, 0.25) is 0 Å². The molecule has 0 saturated carbocycles. The lowest BCUT2D eigenvalue weighted by atomic mass is 10.2. The van der Waals surface area contributed by atoms with E-state index in [1.54, 1.807) is 12.1 Å². The third kappa shape index (κ3) is 3.09. The molecule has 0 aliphatic heterocycles. The number of nitrogens with two attached hydrogens (primary N) is 3. The van der Waals surface area contributed by atoms with Gasteiger partial charge < -0.3 is 21.9 Å². The van der Waals surface area contributed by atoms with E-state index in [1.165, 1.54) is 31.0 Å². The van der Waals surface area contributed by atoms with Crippen LogP contribution in [0.4, 0.5) is 17.3 Å². The highest BCUT2D eigenvalue weighted by atomic mass is 32.2. The Morgan fingerprint density at radius 3 is 2.35 bits per heavy atom. The molecule has 20 heavy (non-hydrogen) atoms. The molecule has 0 bridgehead atoms. The summed E-state index contributed by atoms with van der Waals surface area (Å²) in [4.78, 5) is 20.2. The van der Waals surface area contributed by atoms with Crippen LogP contribution < -0.4 is 17.2 Å². The van der Waals surface area contributed by atoms with E-state index in [9.17, 15) is 4.79 Å². The van der Waals surface area contributed by atoms with Crippen LogP contribution in [0.1, 0.15) is 10.4 Å². The van der Waals surface area contributed by atoms with Crippen molar-refractivity contribution in [3.05, 3.63) is 29.8 Å². The molecule has 0 saturated heterocycles. The summed E-state index contributed by atoms with van der Waals surface area (Å²) in [5.41, 5.74) is 17.9. The summed E-state index contributed by atoms with van der Waals surface area (Å²) in [6, 6.07) is 6.30. The normalized spacial score (nSPS) is 10.2. The third-order valence-electron chi connectivity index (χ3n) is 2.38. The highest BCUT2D eigenvalue weighted by Crippen LogP contribution is 2.31. The van der Waals surface area contributed by atoms with E-state index < -0.39 is 5.97 Å². The van der Waals surface area contributed by atoms with E-state index in [1.807, 2.05) is 0 Å². The van der Waals surface area contributed by atoms with Crippen LogP contribution in [0.15, 0.2) is 34.3 Å². The number of esters is 1. The molecule has 1 aromatic heterocycles. The van der Waals surface area contributed by atoms with Gasteiger partial charge in [0.25, 0.3) is 0 Å². The summed E-state index contributed by atoms with van der Waals surface area (Å²) in [7, 11) is 1.31. The molecular formula is C12H13N5O2S. The van der Waals surface area contributed by atoms with Gasteiger partial charge >= 0.3 is 5.97 Å². The number of benzene rings is 1.